The van der Waals surface area contributed by atoms with Crippen LogP contribution in [-0.4, -0.2) is 5.16 Å². The van der Waals surface area contributed by atoms with Crippen molar-refractivity contribution in [3.8, 4) is 5.75 Å². The van der Waals surface area contributed by atoms with Crippen molar-refractivity contribution >= 4 is 5.69 Å². The van der Waals surface area contributed by atoms with Gasteiger partial charge in [0.05, 0.1) is 11.3 Å². The summed E-state index contributed by atoms with van der Waals surface area (Å²) in [6, 6.07) is 18.0. The van der Waals surface area contributed by atoms with E-state index in [4.69, 9.17) is 9.26 Å². The monoisotopic (exact) mass is 323 g/mol. The second-order valence-corrected chi connectivity index (χ2v) is 5.54. The van der Waals surface area contributed by atoms with Crippen LogP contribution in [-0.2, 0) is 13.2 Å². The Morgan fingerprint density at radius 3 is 2.50 bits per heavy atom. The Bertz CT molecular complexity index is 765. The van der Waals surface area contributed by atoms with Crippen LogP contribution in [0.3, 0.4) is 0 Å². The van der Waals surface area contributed by atoms with E-state index in [0.717, 1.165) is 34.0 Å². The van der Waals surface area contributed by atoms with E-state index < -0.39 is 0 Å². The number of ether oxygens (including phenoxy) is 1. The first-order valence-corrected chi connectivity index (χ1v) is 7.90. The van der Waals surface area contributed by atoms with Gasteiger partial charge in [-0.2, -0.15) is 0 Å². The molecule has 3 rings (SSSR count). The number of nitrogens with one attached hydrogen (secondary N) is 2. The van der Waals surface area contributed by atoms with Crippen LogP contribution in [0.4, 0.5) is 5.69 Å². The molecule has 0 aliphatic carbocycles. The molecule has 3 aromatic rings. The van der Waals surface area contributed by atoms with Gasteiger partial charge in [-0.05, 0) is 32.0 Å². The molecule has 2 aromatic carbocycles. The highest BCUT2D eigenvalue weighted by atomic mass is 16.5. The first-order chi connectivity index (χ1) is 11.7. The highest BCUT2D eigenvalue weighted by Crippen LogP contribution is 2.21. The molecule has 0 unspecified atom stereocenters. The van der Waals surface area contributed by atoms with E-state index in [1.54, 1.807) is 0 Å². The molecule has 24 heavy (non-hydrogen) atoms. The first-order valence-electron chi connectivity index (χ1n) is 7.90. The van der Waals surface area contributed by atoms with Gasteiger partial charge in [-0.3, -0.25) is 0 Å². The number of nitrogens with zero attached hydrogens (tertiary/aromatic N) is 1. The minimum atomic E-state index is 0.449. The largest absolute Gasteiger partial charge is 0.488 e. The van der Waals surface area contributed by atoms with Crippen molar-refractivity contribution in [3.05, 3.63) is 77.2 Å². The second-order valence-electron chi connectivity index (χ2n) is 5.54. The van der Waals surface area contributed by atoms with E-state index in [-0.39, 0.29) is 0 Å². The lowest BCUT2D eigenvalue weighted by Gasteiger charge is -2.13. The molecule has 0 saturated heterocycles. The Kier molecular flexibility index (Phi) is 5.13. The van der Waals surface area contributed by atoms with E-state index in [2.05, 4.69) is 16.0 Å². The molecule has 1 aromatic heterocycles. The third kappa shape index (κ3) is 3.94. The van der Waals surface area contributed by atoms with Crippen molar-refractivity contribution in [2.75, 3.05) is 5.43 Å². The Morgan fingerprint density at radius 1 is 1.00 bits per heavy atom. The molecule has 0 amide bonds. The van der Waals surface area contributed by atoms with Gasteiger partial charge in [0.15, 0.2) is 0 Å². The molecule has 0 atom stereocenters. The van der Waals surface area contributed by atoms with Crippen molar-refractivity contribution < 1.29 is 9.26 Å². The molecule has 5 nitrogen and oxygen atoms in total. The molecule has 1 heterocycles. The number of anilines is 1. The van der Waals surface area contributed by atoms with Gasteiger partial charge in [0.1, 0.15) is 18.1 Å². The van der Waals surface area contributed by atoms with E-state index in [0.29, 0.717) is 13.2 Å². The van der Waals surface area contributed by atoms with Crippen molar-refractivity contribution in [1.29, 1.82) is 0 Å². The van der Waals surface area contributed by atoms with E-state index in [9.17, 15) is 0 Å². The Hall–Kier alpha value is -2.79. The van der Waals surface area contributed by atoms with Crippen LogP contribution in [0.1, 0.15) is 22.6 Å². The highest BCUT2D eigenvalue weighted by molar-refractivity contribution is 5.41. The van der Waals surface area contributed by atoms with Gasteiger partial charge in [0.25, 0.3) is 0 Å². The van der Waals surface area contributed by atoms with E-state index >= 15 is 0 Å². The number of aromatic nitrogens is 1. The highest BCUT2D eigenvalue weighted by Gasteiger charge is 2.10. The molecule has 0 spiro atoms. The van der Waals surface area contributed by atoms with Crippen molar-refractivity contribution in [1.82, 2.24) is 10.6 Å². The maximum Gasteiger partial charge on any atom is 0.140 e. The van der Waals surface area contributed by atoms with Crippen LogP contribution in [0, 0.1) is 13.8 Å². The summed E-state index contributed by atoms with van der Waals surface area (Å²) in [5.74, 6) is 1.65. The molecule has 0 radical (unpaired) electrons. The molecule has 0 saturated carbocycles. The molecular weight excluding hydrogens is 302 g/mol. The van der Waals surface area contributed by atoms with Gasteiger partial charge in [0, 0.05) is 17.8 Å². The molecule has 0 fully saturated rings. The second kappa shape index (κ2) is 7.66. The fraction of sp³-hybridized carbons (Fsp3) is 0.211. The van der Waals surface area contributed by atoms with Gasteiger partial charge in [-0.15, -0.1) is 0 Å². The predicted molar refractivity (Wildman–Crippen MR) is 93.7 cm³/mol. The number of hydrazine groups is 1. The Morgan fingerprint density at radius 2 is 1.75 bits per heavy atom. The summed E-state index contributed by atoms with van der Waals surface area (Å²) in [4.78, 5) is 0. The number of aryl methyl sites for hydroxylation is 2. The smallest absolute Gasteiger partial charge is 0.140 e. The summed E-state index contributed by atoms with van der Waals surface area (Å²) < 4.78 is 11.2. The summed E-state index contributed by atoms with van der Waals surface area (Å²) in [6.45, 7) is 4.92. The van der Waals surface area contributed by atoms with Crippen molar-refractivity contribution in [2.24, 2.45) is 0 Å². The van der Waals surface area contributed by atoms with Crippen molar-refractivity contribution in [3.63, 3.8) is 0 Å². The van der Waals surface area contributed by atoms with Crippen molar-refractivity contribution in [2.45, 2.75) is 27.0 Å². The van der Waals surface area contributed by atoms with Gasteiger partial charge < -0.3 is 14.7 Å². The zero-order valence-electron chi connectivity index (χ0n) is 13.9. The number of para-hydroxylation sites is 2. The first kappa shape index (κ1) is 16.1. The zero-order valence-corrected chi connectivity index (χ0v) is 13.9. The molecule has 0 aliphatic heterocycles. The average Bonchev–Trinajstić information content (AvgIpc) is 2.93. The van der Waals surface area contributed by atoms with Crippen LogP contribution in [0.5, 0.6) is 5.75 Å². The maximum atomic E-state index is 5.98. The SMILES string of the molecule is Cc1noc(C)c1COc1ccccc1CNNc1ccccc1. The molecule has 0 aliphatic rings. The van der Waals surface area contributed by atoms with Crippen LogP contribution >= 0.6 is 0 Å². The fourth-order valence-electron chi connectivity index (χ4n) is 2.41. The molecule has 124 valence electrons. The third-order valence-electron chi connectivity index (χ3n) is 3.81. The zero-order chi connectivity index (χ0) is 16.8. The molecule has 5 heteroatoms. The van der Waals surface area contributed by atoms with Crippen LogP contribution in [0.15, 0.2) is 59.1 Å². The number of hydrogen-bond acceptors (Lipinski definition) is 5. The lowest BCUT2D eigenvalue weighted by molar-refractivity contribution is 0.298. The average molecular weight is 323 g/mol. The Labute approximate surface area is 141 Å². The van der Waals surface area contributed by atoms with Crippen LogP contribution < -0.4 is 15.6 Å². The lowest BCUT2D eigenvalue weighted by Crippen LogP contribution is -2.21. The molecule has 2 N–H and O–H groups in total. The summed E-state index contributed by atoms with van der Waals surface area (Å²) >= 11 is 0. The summed E-state index contributed by atoms with van der Waals surface area (Å²) in [7, 11) is 0. The molecular formula is C19H21N3O2. The van der Waals surface area contributed by atoms with Gasteiger partial charge >= 0.3 is 0 Å². The Balaban J connectivity index is 1.60. The van der Waals surface area contributed by atoms with E-state index in [1.807, 2.05) is 68.4 Å². The predicted octanol–water partition coefficient (Wildman–Crippen LogP) is 3.99. The summed E-state index contributed by atoms with van der Waals surface area (Å²) in [5.41, 5.74) is 10.4. The standard InChI is InChI=1S/C19H21N3O2/c1-14-18(15(2)24-22-14)13-23-19-11-7-6-8-16(19)12-20-21-17-9-4-3-5-10-17/h3-11,20-21H,12-13H2,1-2H3. The maximum absolute atomic E-state index is 5.98. The van der Waals surface area contributed by atoms with Gasteiger partial charge in [-0.25, -0.2) is 5.43 Å². The van der Waals surface area contributed by atoms with Gasteiger partial charge in [-0.1, -0.05) is 41.6 Å². The summed E-state index contributed by atoms with van der Waals surface area (Å²) in [6.07, 6.45) is 0. The van der Waals surface area contributed by atoms with Gasteiger partial charge in [0.2, 0.25) is 0 Å². The topological polar surface area (TPSA) is 59.3 Å². The van der Waals surface area contributed by atoms with E-state index in [1.165, 1.54) is 0 Å². The quantitative estimate of drug-likeness (QED) is 0.644. The number of rotatable bonds is 7. The van der Waals surface area contributed by atoms with Crippen LogP contribution in [0.25, 0.3) is 0 Å². The summed E-state index contributed by atoms with van der Waals surface area (Å²) in [5, 5.41) is 3.96. The van der Waals surface area contributed by atoms with Crippen LogP contribution in [0.2, 0.25) is 0 Å². The lowest BCUT2D eigenvalue weighted by atomic mass is 10.2. The fourth-order valence-corrected chi connectivity index (χ4v) is 2.41. The minimum Gasteiger partial charge on any atom is -0.488 e. The minimum absolute atomic E-state index is 0.449. The third-order valence-corrected chi connectivity index (χ3v) is 3.81. The number of hydrogen-bond donors (Lipinski definition) is 2. The normalized spacial score (nSPS) is 10.6. The molecule has 0 bridgehead atoms. The number of benzene rings is 2.